The molecule has 6 nitrogen and oxygen atoms in total. The maximum absolute atomic E-state index is 13.3. The summed E-state index contributed by atoms with van der Waals surface area (Å²) in [6.07, 6.45) is 3.21. The molecule has 0 amide bonds. The molecule has 0 spiro atoms. The molecule has 0 aliphatic carbocycles. The largest absolute Gasteiger partial charge is 0.301 e. The van der Waals surface area contributed by atoms with Gasteiger partial charge in [0.25, 0.3) is 0 Å². The molecule has 0 aliphatic rings. The van der Waals surface area contributed by atoms with Gasteiger partial charge in [0.1, 0.15) is 11.6 Å². The van der Waals surface area contributed by atoms with Crippen LogP contribution in [0.5, 0.6) is 0 Å². The smallest absolute Gasteiger partial charge is 0.231 e. The Bertz CT molecular complexity index is 1030. The number of benzene rings is 1. The molecule has 3 aromatic rings. The summed E-state index contributed by atoms with van der Waals surface area (Å²) < 4.78 is 39.2. The van der Waals surface area contributed by atoms with Crippen molar-refractivity contribution in [3.05, 3.63) is 52.9 Å². The lowest BCUT2D eigenvalue weighted by Gasteiger charge is -2.08. The van der Waals surface area contributed by atoms with Crippen molar-refractivity contribution in [1.29, 1.82) is 0 Å². The van der Waals surface area contributed by atoms with E-state index in [1.165, 1.54) is 18.2 Å². The van der Waals surface area contributed by atoms with Gasteiger partial charge in [-0.15, -0.1) is 0 Å². The summed E-state index contributed by atoms with van der Waals surface area (Å²) in [6, 6.07) is 6.27. The third kappa shape index (κ3) is 2.90. The number of rotatable bonds is 3. The van der Waals surface area contributed by atoms with E-state index in [1.54, 1.807) is 37.0 Å². The number of hydrogen-bond donors (Lipinski definition) is 1. The van der Waals surface area contributed by atoms with Gasteiger partial charge < -0.3 is 4.57 Å². The highest BCUT2D eigenvalue weighted by Gasteiger charge is 2.15. The highest BCUT2D eigenvalue weighted by Crippen LogP contribution is 2.26. The van der Waals surface area contributed by atoms with Crippen molar-refractivity contribution >= 4 is 27.0 Å². The molecule has 0 saturated heterocycles. The fraction of sp³-hybridized carbons (Fsp3) is 0.133. The van der Waals surface area contributed by atoms with Gasteiger partial charge in [-0.1, -0.05) is 0 Å². The Balaban J connectivity index is 2.25. The van der Waals surface area contributed by atoms with E-state index < -0.39 is 10.0 Å². The first-order valence-electron chi connectivity index (χ1n) is 6.78. The van der Waals surface area contributed by atoms with Crippen LogP contribution in [0, 0.1) is 12.7 Å². The zero-order chi connectivity index (χ0) is 16.8. The van der Waals surface area contributed by atoms with Crippen LogP contribution in [-0.2, 0) is 17.1 Å². The first kappa shape index (κ1) is 15.4. The average molecular weight is 334 g/mol. The molecule has 0 saturated carbocycles. The SMILES string of the molecule is Cc1nn(C)c(-n2ccc3cc(F)ccc32)c1/C=C/S(N)(=O)=O. The van der Waals surface area contributed by atoms with E-state index in [0.29, 0.717) is 17.1 Å². The molecule has 0 aliphatic heterocycles. The second-order valence-electron chi connectivity index (χ2n) is 5.23. The number of halogens is 1. The topological polar surface area (TPSA) is 82.9 Å². The highest BCUT2D eigenvalue weighted by atomic mass is 32.2. The molecular weight excluding hydrogens is 319 g/mol. The Hall–Kier alpha value is -2.45. The van der Waals surface area contributed by atoms with Gasteiger partial charge in [0.05, 0.1) is 11.2 Å². The maximum atomic E-state index is 13.3. The van der Waals surface area contributed by atoms with Crippen LogP contribution in [0.4, 0.5) is 4.39 Å². The second kappa shape index (κ2) is 5.32. The first-order valence-corrected chi connectivity index (χ1v) is 8.39. The summed E-state index contributed by atoms with van der Waals surface area (Å²) >= 11 is 0. The van der Waals surface area contributed by atoms with Crippen molar-refractivity contribution in [1.82, 2.24) is 14.3 Å². The van der Waals surface area contributed by atoms with E-state index in [4.69, 9.17) is 5.14 Å². The van der Waals surface area contributed by atoms with E-state index in [9.17, 15) is 12.8 Å². The minimum atomic E-state index is -3.74. The summed E-state index contributed by atoms with van der Waals surface area (Å²) in [5.74, 6) is 0.356. The van der Waals surface area contributed by atoms with Gasteiger partial charge in [0.2, 0.25) is 10.0 Å². The molecular formula is C15H15FN4O2S. The summed E-state index contributed by atoms with van der Waals surface area (Å²) in [5.41, 5.74) is 2.08. The Labute approximate surface area is 132 Å². The molecule has 2 N–H and O–H groups in total. The first-order chi connectivity index (χ1) is 10.8. The van der Waals surface area contributed by atoms with Crippen LogP contribution in [0.2, 0.25) is 0 Å². The van der Waals surface area contributed by atoms with E-state index >= 15 is 0 Å². The second-order valence-corrected chi connectivity index (χ2v) is 6.68. The molecule has 0 fully saturated rings. The van der Waals surface area contributed by atoms with Gasteiger partial charge in [-0.2, -0.15) is 5.10 Å². The summed E-state index contributed by atoms with van der Waals surface area (Å²) in [4.78, 5) is 0. The van der Waals surface area contributed by atoms with Crippen molar-refractivity contribution in [2.24, 2.45) is 12.2 Å². The molecule has 0 atom stereocenters. The lowest BCUT2D eigenvalue weighted by molar-refractivity contribution is 0.606. The average Bonchev–Trinajstić information content (AvgIpc) is 2.95. The van der Waals surface area contributed by atoms with Gasteiger partial charge in [0.15, 0.2) is 0 Å². The number of aromatic nitrogens is 3. The monoisotopic (exact) mass is 334 g/mol. The molecule has 2 heterocycles. The van der Waals surface area contributed by atoms with Gasteiger partial charge >= 0.3 is 0 Å². The Morgan fingerprint density at radius 1 is 1.30 bits per heavy atom. The minimum Gasteiger partial charge on any atom is -0.301 e. The zero-order valence-corrected chi connectivity index (χ0v) is 13.4. The number of nitrogens with two attached hydrogens (primary N) is 1. The van der Waals surface area contributed by atoms with Crippen LogP contribution in [0.15, 0.2) is 35.9 Å². The molecule has 120 valence electrons. The molecule has 1 aromatic carbocycles. The molecule has 23 heavy (non-hydrogen) atoms. The molecule has 0 unspecified atom stereocenters. The summed E-state index contributed by atoms with van der Waals surface area (Å²) in [5, 5.41) is 11.0. The van der Waals surface area contributed by atoms with E-state index in [2.05, 4.69) is 5.10 Å². The molecule has 3 rings (SSSR count). The number of hydrogen-bond acceptors (Lipinski definition) is 3. The van der Waals surface area contributed by atoms with Gasteiger partial charge in [-0.05, 0) is 37.3 Å². The van der Waals surface area contributed by atoms with Gasteiger partial charge in [0, 0.05) is 29.6 Å². The molecule has 2 aromatic heterocycles. The van der Waals surface area contributed by atoms with Crippen molar-refractivity contribution in [2.45, 2.75) is 6.92 Å². The normalized spacial score (nSPS) is 12.5. The standard InChI is InChI=1S/C15H15FN4O2S/c1-10-13(6-8-23(17,21)22)15(19(2)18-10)20-7-5-11-9-12(16)3-4-14(11)20/h3-9H,1-2H3,(H2,17,21,22)/b8-6+. The van der Waals surface area contributed by atoms with Crippen molar-refractivity contribution in [3.8, 4) is 5.82 Å². The highest BCUT2D eigenvalue weighted by molar-refractivity contribution is 7.92. The third-order valence-corrected chi connectivity index (χ3v) is 4.06. The Kier molecular flexibility index (Phi) is 3.57. The van der Waals surface area contributed by atoms with Crippen LogP contribution in [-0.4, -0.2) is 22.8 Å². The molecule has 8 heteroatoms. The van der Waals surface area contributed by atoms with Crippen molar-refractivity contribution < 1.29 is 12.8 Å². The van der Waals surface area contributed by atoms with E-state index in [1.807, 2.05) is 4.57 Å². The lowest BCUT2D eigenvalue weighted by atomic mass is 10.2. The zero-order valence-electron chi connectivity index (χ0n) is 12.6. The number of aryl methyl sites for hydroxylation is 2. The van der Waals surface area contributed by atoms with Crippen molar-refractivity contribution in [3.63, 3.8) is 0 Å². The molecule has 0 radical (unpaired) electrons. The van der Waals surface area contributed by atoms with Crippen LogP contribution >= 0.6 is 0 Å². The fourth-order valence-corrected chi connectivity index (χ4v) is 2.93. The van der Waals surface area contributed by atoms with Gasteiger partial charge in [-0.25, -0.2) is 17.9 Å². The predicted octanol–water partition coefficient (Wildman–Crippen LogP) is 2.07. The van der Waals surface area contributed by atoms with Crippen molar-refractivity contribution in [2.75, 3.05) is 0 Å². The van der Waals surface area contributed by atoms with Crippen LogP contribution in [0.1, 0.15) is 11.3 Å². The van der Waals surface area contributed by atoms with Crippen LogP contribution < -0.4 is 5.14 Å². The van der Waals surface area contributed by atoms with Crippen LogP contribution in [0.25, 0.3) is 22.8 Å². The fourth-order valence-electron chi connectivity index (χ4n) is 2.60. The number of fused-ring (bicyclic) bond motifs is 1. The molecule has 0 bridgehead atoms. The lowest BCUT2D eigenvalue weighted by Crippen LogP contribution is -2.07. The predicted molar refractivity (Wildman–Crippen MR) is 86.9 cm³/mol. The number of nitrogens with zero attached hydrogens (tertiary/aromatic N) is 3. The summed E-state index contributed by atoms with van der Waals surface area (Å²) in [7, 11) is -1.98. The Morgan fingerprint density at radius 2 is 2.04 bits per heavy atom. The minimum absolute atomic E-state index is 0.314. The number of primary sulfonamides is 1. The Morgan fingerprint density at radius 3 is 2.74 bits per heavy atom. The van der Waals surface area contributed by atoms with E-state index in [0.717, 1.165) is 16.3 Å². The van der Waals surface area contributed by atoms with Crippen LogP contribution in [0.3, 0.4) is 0 Å². The van der Waals surface area contributed by atoms with Gasteiger partial charge in [-0.3, -0.25) is 4.68 Å². The quantitative estimate of drug-likeness (QED) is 0.796. The maximum Gasteiger partial charge on any atom is 0.231 e. The number of sulfonamides is 1. The van der Waals surface area contributed by atoms with E-state index in [-0.39, 0.29) is 5.82 Å². The third-order valence-electron chi connectivity index (χ3n) is 3.54. The summed E-state index contributed by atoms with van der Waals surface area (Å²) in [6.45, 7) is 1.78.